The number of benzene rings is 2. The van der Waals surface area contributed by atoms with Gasteiger partial charge >= 0.3 is 10.3 Å². The van der Waals surface area contributed by atoms with Crippen molar-refractivity contribution in [3.63, 3.8) is 0 Å². The lowest BCUT2D eigenvalue weighted by molar-refractivity contribution is 0.394. The predicted octanol–water partition coefficient (Wildman–Crippen LogP) is 2.35. The van der Waals surface area contributed by atoms with Crippen LogP contribution in [0.1, 0.15) is 11.1 Å². The first-order valence-electron chi connectivity index (χ1n) is 7.02. The summed E-state index contributed by atoms with van der Waals surface area (Å²) >= 11 is 0. The molecule has 0 aliphatic carbocycles. The van der Waals surface area contributed by atoms with Crippen LogP contribution < -0.4 is 18.8 Å². The highest BCUT2D eigenvalue weighted by molar-refractivity contribution is 7.84. The summed E-state index contributed by atoms with van der Waals surface area (Å²) < 4.78 is 37.1. The summed E-state index contributed by atoms with van der Waals surface area (Å²) in [6.45, 7) is 0. The molecule has 0 saturated heterocycles. The molecule has 8 heteroatoms. The number of hydrogen-bond donors (Lipinski definition) is 1. The molecule has 0 saturated carbocycles. The van der Waals surface area contributed by atoms with E-state index in [2.05, 4.69) is 10.3 Å². The lowest BCUT2D eigenvalue weighted by Gasteiger charge is -2.08. The first kappa shape index (κ1) is 18.3. The number of nitriles is 1. The highest BCUT2D eigenvalue weighted by Crippen LogP contribution is 2.28. The van der Waals surface area contributed by atoms with Gasteiger partial charge in [0, 0.05) is 6.07 Å². The number of methoxy groups -OCH3 is 2. The van der Waals surface area contributed by atoms with Crippen LogP contribution >= 0.6 is 0 Å². The Bertz CT molecular complexity index is 924. The molecule has 0 bridgehead atoms. The van der Waals surface area contributed by atoms with Crippen molar-refractivity contribution in [2.45, 2.75) is 0 Å². The summed E-state index contributed by atoms with van der Waals surface area (Å²) in [4.78, 5) is 0. The van der Waals surface area contributed by atoms with Crippen molar-refractivity contribution in [3.8, 4) is 23.3 Å². The number of nitrogens with two attached hydrogens (primary N) is 1. The lowest BCUT2D eigenvalue weighted by atomic mass is 10.0. The number of ether oxygens (including phenoxy) is 2. The number of nitrogens with zero attached hydrogens (tertiary/aromatic N) is 1. The molecule has 0 aliphatic rings. The molecule has 0 heterocycles. The summed E-state index contributed by atoms with van der Waals surface area (Å²) in [5.41, 5.74) is 1.50. The van der Waals surface area contributed by atoms with Crippen LogP contribution in [0.15, 0.2) is 42.5 Å². The first-order chi connectivity index (χ1) is 11.8. The van der Waals surface area contributed by atoms with Crippen molar-refractivity contribution in [1.29, 1.82) is 5.26 Å². The van der Waals surface area contributed by atoms with Crippen LogP contribution in [0.2, 0.25) is 0 Å². The van der Waals surface area contributed by atoms with E-state index in [-0.39, 0.29) is 5.75 Å². The zero-order valence-corrected chi connectivity index (χ0v) is 14.4. The standard InChI is InChI=1S/C17H16N2O5S/c1-22-16-8-13(9-17(10-16)23-2)14(11-18)6-12-4-3-5-15(7-12)24-25(19,20)21/h3-10H,1-2H3,(H2,19,20,21). The van der Waals surface area contributed by atoms with Crippen molar-refractivity contribution in [3.05, 3.63) is 53.6 Å². The second-order valence-corrected chi connectivity index (χ2v) is 6.07. The van der Waals surface area contributed by atoms with Crippen LogP contribution in [-0.4, -0.2) is 22.6 Å². The fourth-order valence-corrected chi connectivity index (χ4v) is 2.47. The van der Waals surface area contributed by atoms with Crippen molar-refractivity contribution in [2.75, 3.05) is 14.2 Å². The summed E-state index contributed by atoms with van der Waals surface area (Å²) in [6, 6.07) is 13.4. The van der Waals surface area contributed by atoms with E-state index < -0.39 is 10.3 Å². The van der Waals surface area contributed by atoms with E-state index in [9.17, 15) is 13.7 Å². The summed E-state index contributed by atoms with van der Waals surface area (Å²) in [5, 5.41) is 14.3. The lowest BCUT2D eigenvalue weighted by Crippen LogP contribution is -2.18. The van der Waals surface area contributed by atoms with Gasteiger partial charge in [0.1, 0.15) is 17.2 Å². The maximum atomic E-state index is 11.0. The Hall–Kier alpha value is -3.02. The van der Waals surface area contributed by atoms with Crippen molar-refractivity contribution >= 4 is 22.0 Å². The quantitative estimate of drug-likeness (QED) is 0.625. The van der Waals surface area contributed by atoms with Gasteiger partial charge in [0.05, 0.1) is 25.9 Å². The van der Waals surface area contributed by atoms with Crippen molar-refractivity contribution in [1.82, 2.24) is 0 Å². The molecule has 0 aromatic heterocycles. The van der Waals surface area contributed by atoms with Gasteiger partial charge in [0.25, 0.3) is 0 Å². The van der Waals surface area contributed by atoms with E-state index in [4.69, 9.17) is 14.6 Å². The third kappa shape index (κ3) is 5.24. The Morgan fingerprint density at radius 2 is 1.72 bits per heavy atom. The first-order valence-corrected chi connectivity index (χ1v) is 8.49. The molecule has 7 nitrogen and oxygen atoms in total. The monoisotopic (exact) mass is 360 g/mol. The zero-order chi connectivity index (χ0) is 18.4. The van der Waals surface area contributed by atoms with Gasteiger partial charge in [-0.3, -0.25) is 0 Å². The average Bonchev–Trinajstić information content (AvgIpc) is 2.58. The normalized spacial score (nSPS) is 11.5. The van der Waals surface area contributed by atoms with Gasteiger partial charge in [0.15, 0.2) is 0 Å². The highest BCUT2D eigenvalue weighted by atomic mass is 32.2. The number of hydrogen-bond acceptors (Lipinski definition) is 6. The molecule has 2 aromatic carbocycles. The molecular formula is C17H16N2O5S. The fourth-order valence-electron chi connectivity index (χ4n) is 2.10. The third-order valence-corrected chi connectivity index (χ3v) is 3.59. The molecule has 0 fully saturated rings. The van der Waals surface area contributed by atoms with Gasteiger partial charge in [-0.1, -0.05) is 12.1 Å². The maximum absolute atomic E-state index is 11.0. The van der Waals surface area contributed by atoms with Gasteiger partial charge in [0.2, 0.25) is 0 Å². The highest BCUT2D eigenvalue weighted by Gasteiger charge is 2.08. The van der Waals surface area contributed by atoms with E-state index >= 15 is 0 Å². The largest absolute Gasteiger partial charge is 0.497 e. The molecule has 2 rings (SSSR count). The minimum Gasteiger partial charge on any atom is -0.497 e. The van der Waals surface area contributed by atoms with Gasteiger partial charge in [-0.05, 0) is 41.5 Å². The Morgan fingerprint density at radius 1 is 1.08 bits per heavy atom. The molecule has 0 unspecified atom stereocenters. The van der Waals surface area contributed by atoms with Crippen LogP contribution in [0.3, 0.4) is 0 Å². The van der Waals surface area contributed by atoms with E-state index in [0.29, 0.717) is 28.2 Å². The van der Waals surface area contributed by atoms with Crippen molar-refractivity contribution in [2.24, 2.45) is 5.14 Å². The number of rotatable bonds is 6. The van der Waals surface area contributed by atoms with E-state index in [1.54, 1.807) is 36.4 Å². The average molecular weight is 360 g/mol. The minimum absolute atomic E-state index is 0.0526. The predicted molar refractivity (Wildman–Crippen MR) is 93.2 cm³/mol. The van der Waals surface area contributed by atoms with Crippen LogP contribution in [-0.2, 0) is 10.3 Å². The zero-order valence-electron chi connectivity index (χ0n) is 13.6. The molecule has 0 aliphatic heterocycles. The van der Waals surface area contributed by atoms with Crippen LogP contribution in [0.25, 0.3) is 11.6 Å². The molecule has 0 amide bonds. The van der Waals surface area contributed by atoms with E-state index in [1.165, 1.54) is 26.4 Å². The van der Waals surface area contributed by atoms with Crippen LogP contribution in [0.5, 0.6) is 17.2 Å². The summed E-state index contributed by atoms with van der Waals surface area (Å²) in [5.74, 6) is 1.14. The topological polar surface area (TPSA) is 112 Å². The second-order valence-electron chi connectivity index (χ2n) is 4.92. The molecule has 0 spiro atoms. The second kappa shape index (κ2) is 7.70. The molecule has 2 aromatic rings. The molecule has 0 atom stereocenters. The fraction of sp³-hybridized carbons (Fsp3) is 0.118. The molecule has 2 N–H and O–H groups in total. The molecule has 25 heavy (non-hydrogen) atoms. The van der Waals surface area contributed by atoms with Crippen LogP contribution in [0, 0.1) is 11.3 Å². The molecule has 0 radical (unpaired) electrons. The summed E-state index contributed by atoms with van der Waals surface area (Å²) in [7, 11) is -1.08. The Balaban J connectivity index is 2.45. The Morgan fingerprint density at radius 3 is 2.24 bits per heavy atom. The Kier molecular flexibility index (Phi) is 5.64. The smallest absolute Gasteiger partial charge is 0.380 e. The van der Waals surface area contributed by atoms with Gasteiger partial charge < -0.3 is 13.7 Å². The molecule has 130 valence electrons. The maximum Gasteiger partial charge on any atom is 0.380 e. The summed E-state index contributed by atoms with van der Waals surface area (Å²) in [6.07, 6.45) is 1.59. The van der Waals surface area contributed by atoms with Gasteiger partial charge in [-0.15, -0.1) is 0 Å². The van der Waals surface area contributed by atoms with Crippen molar-refractivity contribution < 1.29 is 22.1 Å². The van der Waals surface area contributed by atoms with Gasteiger partial charge in [-0.2, -0.15) is 18.8 Å². The number of allylic oxidation sites excluding steroid dienone is 1. The minimum atomic E-state index is -4.12. The Labute approximate surface area is 146 Å². The molecular weight excluding hydrogens is 344 g/mol. The van der Waals surface area contributed by atoms with Gasteiger partial charge in [-0.25, -0.2) is 0 Å². The van der Waals surface area contributed by atoms with Crippen LogP contribution in [0.4, 0.5) is 0 Å². The third-order valence-electron chi connectivity index (χ3n) is 3.16. The van der Waals surface area contributed by atoms with E-state index in [0.717, 1.165) is 0 Å². The van der Waals surface area contributed by atoms with E-state index in [1.807, 2.05) is 0 Å². The SMILES string of the molecule is COc1cc(OC)cc(C(C#N)=Cc2cccc(OS(N)(=O)=O)c2)c1.